The summed E-state index contributed by atoms with van der Waals surface area (Å²) in [4.78, 5) is 6.99. The standard InChI is InChI=1S/C16H22N4S/c1-20(2)10-6-5-9-18-15-12-7-3-4-8-14(12)19-11-13(15)16(17)21/h3-4,7-8,11H,5-6,9-10H2,1-2H3,(H2,17,21)(H,18,19). The zero-order chi connectivity index (χ0) is 15.2. The van der Waals surface area contributed by atoms with E-state index in [0.717, 1.165) is 48.1 Å². The molecule has 3 N–H and O–H groups in total. The average Bonchev–Trinajstić information content (AvgIpc) is 2.46. The summed E-state index contributed by atoms with van der Waals surface area (Å²) < 4.78 is 0. The van der Waals surface area contributed by atoms with E-state index in [1.165, 1.54) is 0 Å². The highest BCUT2D eigenvalue weighted by molar-refractivity contribution is 7.80. The van der Waals surface area contributed by atoms with Gasteiger partial charge in [-0.2, -0.15) is 0 Å². The van der Waals surface area contributed by atoms with Crippen molar-refractivity contribution in [2.75, 3.05) is 32.5 Å². The van der Waals surface area contributed by atoms with Crippen molar-refractivity contribution in [3.8, 4) is 0 Å². The topological polar surface area (TPSA) is 54.2 Å². The van der Waals surface area contributed by atoms with Gasteiger partial charge in [0.1, 0.15) is 4.99 Å². The lowest BCUT2D eigenvalue weighted by atomic mass is 10.1. The maximum atomic E-state index is 5.82. The molecule has 0 spiro atoms. The first-order valence-electron chi connectivity index (χ1n) is 7.15. The molecule has 1 aromatic carbocycles. The fourth-order valence-corrected chi connectivity index (χ4v) is 2.44. The van der Waals surface area contributed by atoms with Crippen molar-refractivity contribution >= 4 is 33.8 Å². The highest BCUT2D eigenvalue weighted by Gasteiger charge is 2.10. The monoisotopic (exact) mass is 302 g/mol. The zero-order valence-corrected chi connectivity index (χ0v) is 13.4. The molecule has 1 aromatic heterocycles. The molecule has 0 saturated carbocycles. The highest BCUT2D eigenvalue weighted by Crippen LogP contribution is 2.25. The van der Waals surface area contributed by atoms with Crippen LogP contribution in [0.15, 0.2) is 30.5 Å². The Bertz CT molecular complexity index is 625. The molecule has 21 heavy (non-hydrogen) atoms. The largest absolute Gasteiger partial charge is 0.389 e. The van der Waals surface area contributed by atoms with Gasteiger partial charge in [0.05, 0.1) is 16.8 Å². The second-order valence-electron chi connectivity index (χ2n) is 5.37. The molecule has 0 fully saturated rings. The SMILES string of the molecule is CN(C)CCCCNc1c(C(N)=S)cnc2ccccc12. The van der Waals surface area contributed by atoms with Crippen LogP contribution in [-0.2, 0) is 0 Å². The number of para-hydroxylation sites is 1. The molecular weight excluding hydrogens is 280 g/mol. The van der Waals surface area contributed by atoms with Crippen LogP contribution < -0.4 is 11.1 Å². The van der Waals surface area contributed by atoms with E-state index in [1.807, 2.05) is 24.3 Å². The van der Waals surface area contributed by atoms with Crippen LogP contribution in [0.1, 0.15) is 18.4 Å². The number of nitrogens with zero attached hydrogens (tertiary/aromatic N) is 2. The Morgan fingerprint density at radius 1 is 1.29 bits per heavy atom. The number of aromatic nitrogens is 1. The molecule has 0 unspecified atom stereocenters. The fourth-order valence-electron chi connectivity index (χ4n) is 2.29. The molecule has 112 valence electrons. The summed E-state index contributed by atoms with van der Waals surface area (Å²) in [6.07, 6.45) is 4.02. The van der Waals surface area contributed by atoms with Gasteiger partial charge in [-0.15, -0.1) is 0 Å². The second kappa shape index (κ2) is 7.33. The van der Waals surface area contributed by atoms with Crippen molar-refractivity contribution in [1.29, 1.82) is 0 Å². The van der Waals surface area contributed by atoms with E-state index in [4.69, 9.17) is 18.0 Å². The molecular formula is C16H22N4S. The molecule has 0 amide bonds. The number of anilines is 1. The number of nitrogens with one attached hydrogen (secondary N) is 1. The minimum absolute atomic E-state index is 0.379. The molecule has 0 radical (unpaired) electrons. The summed E-state index contributed by atoms with van der Waals surface area (Å²) in [7, 11) is 4.18. The molecule has 0 saturated heterocycles. The fraction of sp³-hybridized carbons (Fsp3) is 0.375. The lowest BCUT2D eigenvalue weighted by Crippen LogP contribution is -2.16. The molecule has 0 aliphatic carbocycles. The van der Waals surface area contributed by atoms with Crippen LogP contribution in [0.25, 0.3) is 10.9 Å². The summed E-state index contributed by atoms with van der Waals surface area (Å²) in [6.45, 7) is 2.00. The summed E-state index contributed by atoms with van der Waals surface area (Å²) >= 11 is 5.14. The number of nitrogens with two attached hydrogens (primary N) is 1. The number of pyridine rings is 1. The van der Waals surface area contributed by atoms with Gasteiger partial charge in [0.25, 0.3) is 0 Å². The first-order valence-corrected chi connectivity index (χ1v) is 7.56. The van der Waals surface area contributed by atoms with Crippen molar-refractivity contribution in [2.45, 2.75) is 12.8 Å². The quantitative estimate of drug-likeness (QED) is 0.608. The van der Waals surface area contributed by atoms with Gasteiger partial charge in [-0.05, 0) is 39.5 Å². The lowest BCUT2D eigenvalue weighted by molar-refractivity contribution is 0.396. The van der Waals surface area contributed by atoms with Gasteiger partial charge in [0, 0.05) is 18.1 Å². The van der Waals surface area contributed by atoms with Crippen LogP contribution in [0.4, 0.5) is 5.69 Å². The molecule has 0 atom stereocenters. The summed E-state index contributed by atoms with van der Waals surface area (Å²) in [5, 5.41) is 4.55. The van der Waals surface area contributed by atoms with Crippen molar-refractivity contribution in [3.63, 3.8) is 0 Å². The lowest BCUT2D eigenvalue weighted by Gasteiger charge is -2.14. The predicted molar refractivity (Wildman–Crippen MR) is 93.9 cm³/mol. The Kier molecular flexibility index (Phi) is 5.47. The van der Waals surface area contributed by atoms with Crippen LogP contribution in [-0.4, -0.2) is 42.1 Å². The molecule has 2 rings (SSSR count). The molecule has 4 nitrogen and oxygen atoms in total. The van der Waals surface area contributed by atoms with Crippen LogP contribution >= 0.6 is 12.2 Å². The number of hydrogen-bond acceptors (Lipinski definition) is 4. The zero-order valence-electron chi connectivity index (χ0n) is 12.6. The van der Waals surface area contributed by atoms with E-state index >= 15 is 0 Å². The summed E-state index contributed by atoms with van der Waals surface area (Å²) in [6, 6.07) is 8.03. The second-order valence-corrected chi connectivity index (χ2v) is 5.81. The van der Waals surface area contributed by atoms with E-state index < -0.39 is 0 Å². The number of hydrogen-bond donors (Lipinski definition) is 2. The third-order valence-corrected chi connectivity index (χ3v) is 3.59. The van der Waals surface area contributed by atoms with Gasteiger partial charge in [-0.3, -0.25) is 4.98 Å². The summed E-state index contributed by atoms with van der Waals surface area (Å²) in [5.74, 6) is 0. The Morgan fingerprint density at radius 3 is 2.76 bits per heavy atom. The van der Waals surface area contributed by atoms with Crippen molar-refractivity contribution < 1.29 is 0 Å². The molecule has 2 aromatic rings. The average molecular weight is 302 g/mol. The van der Waals surface area contributed by atoms with E-state index in [-0.39, 0.29) is 0 Å². The van der Waals surface area contributed by atoms with E-state index in [9.17, 15) is 0 Å². The van der Waals surface area contributed by atoms with Crippen molar-refractivity contribution in [1.82, 2.24) is 9.88 Å². The minimum Gasteiger partial charge on any atom is -0.389 e. The molecule has 5 heteroatoms. The van der Waals surface area contributed by atoms with Gasteiger partial charge in [0.2, 0.25) is 0 Å². The van der Waals surface area contributed by atoms with Gasteiger partial charge < -0.3 is 16.0 Å². The van der Waals surface area contributed by atoms with Crippen molar-refractivity contribution in [3.05, 3.63) is 36.0 Å². The van der Waals surface area contributed by atoms with Crippen LogP contribution in [0.5, 0.6) is 0 Å². The maximum absolute atomic E-state index is 5.82. The van der Waals surface area contributed by atoms with E-state index in [0.29, 0.717) is 4.99 Å². The minimum atomic E-state index is 0.379. The maximum Gasteiger partial charge on any atom is 0.107 e. The number of unbranched alkanes of at least 4 members (excludes halogenated alkanes) is 1. The van der Waals surface area contributed by atoms with Crippen LogP contribution in [0, 0.1) is 0 Å². The number of benzene rings is 1. The predicted octanol–water partition coefficient (Wildman–Crippen LogP) is 2.62. The first kappa shape index (κ1) is 15.7. The van der Waals surface area contributed by atoms with Crippen molar-refractivity contribution in [2.24, 2.45) is 5.73 Å². The number of fused-ring (bicyclic) bond motifs is 1. The Balaban J connectivity index is 2.16. The van der Waals surface area contributed by atoms with Gasteiger partial charge in [-0.1, -0.05) is 30.4 Å². The first-order chi connectivity index (χ1) is 10.1. The third kappa shape index (κ3) is 4.12. The highest BCUT2D eigenvalue weighted by atomic mass is 32.1. The third-order valence-electron chi connectivity index (χ3n) is 3.37. The molecule has 1 heterocycles. The van der Waals surface area contributed by atoms with Gasteiger partial charge in [-0.25, -0.2) is 0 Å². The van der Waals surface area contributed by atoms with Gasteiger partial charge in [0.15, 0.2) is 0 Å². The Labute approximate surface area is 131 Å². The van der Waals surface area contributed by atoms with Crippen LogP contribution in [0.3, 0.4) is 0 Å². The number of rotatable bonds is 7. The Hall–Kier alpha value is -1.72. The Morgan fingerprint density at radius 2 is 2.05 bits per heavy atom. The van der Waals surface area contributed by atoms with E-state index in [2.05, 4.69) is 29.3 Å². The number of thiocarbonyl (C=S) groups is 1. The van der Waals surface area contributed by atoms with E-state index in [1.54, 1.807) is 6.20 Å². The molecule has 0 aliphatic heterocycles. The molecule has 0 aliphatic rings. The summed E-state index contributed by atoms with van der Waals surface area (Å²) in [5.41, 5.74) is 8.59. The van der Waals surface area contributed by atoms with Gasteiger partial charge >= 0.3 is 0 Å². The molecule has 0 bridgehead atoms. The van der Waals surface area contributed by atoms with Crippen LogP contribution in [0.2, 0.25) is 0 Å². The normalized spacial score (nSPS) is 11.0. The smallest absolute Gasteiger partial charge is 0.107 e.